The van der Waals surface area contributed by atoms with Crippen LogP contribution in [0.15, 0.2) is 28.6 Å². The number of allylic oxidation sites excluding steroid dienone is 2. The Morgan fingerprint density at radius 3 is 2.21 bits per heavy atom. The highest BCUT2D eigenvalue weighted by molar-refractivity contribution is 5.97. The van der Waals surface area contributed by atoms with E-state index in [0.29, 0.717) is 30.8 Å². The molecule has 4 saturated carbocycles. The molecule has 1 aromatic rings. The maximum absolute atomic E-state index is 14.6. The fourth-order valence-corrected chi connectivity index (χ4v) is 13.2. The maximum Gasteiger partial charge on any atom is 0.309 e. The molecule has 3 unspecified atom stereocenters. The Morgan fingerprint density at radius 1 is 0.967 bits per heavy atom. The summed E-state index contributed by atoms with van der Waals surface area (Å²) < 4.78 is 19.9. The van der Waals surface area contributed by atoms with Gasteiger partial charge in [0.05, 0.1) is 36.4 Å². The molecule has 12 nitrogen and oxygen atoms in total. The van der Waals surface area contributed by atoms with Crippen LogP contribution >= 0.6 is 0 Å². The lowest BCUT2D eigenvalue weighted by molar-refractivity contribution is -0.230. The molecule has 13 heteroatoms. The van der Waals surface area contributed by atoms with Gasteiger partial charge in [0.25, 0.3) is 0 Å². The molecule has 342 valence electrons. The fraction of sp³-hybridized carbons (Fsp3) is 0.792. The zero-order valence-corrected chi connectivity index (χ0v) is 39.3. The molecule has 0 saturated heterocycles. The molecule has 0 radical (unpaired) electrons. The summed E-state index contributed by atoms with van der Waals surface area (Å²) in [7, 11) is 3.90. The number of aliphatic carboxylic acids is 1. The number of aliphatic hydroxyl groups excluding tert-OH is 1. The molecular formula is C48H77FN6O6. The highest BCUT2D eigenvalue weighted by Gasteiger charge is 2.68. The van der Waals surface area contributed by atoms with Crippen LogP contribution in [0, 0.1) is 56.6 Å². The van der Waals surface area contributed by atoms with Crippen LogP contribution in [0.5, 0.6) is 0 Å². The zero-order valence-electron chi connectivity index (χ0n) is 39.3. The quantitative estimate of drug-likeness (QED) is 0.0390. The maximum atomic E-state index is 14.6. The Bertz CT molecular complexity index is 1830. The molecule has 4 fully saturated rings. The van der Waals surface area contributed by atoms with E-state index in [4.69, 9.17) is 10.6 Å². The van der Waals surface area contributed by atoms with Crippen LogP contribution in [0.1, 0.15) is 152 Å². The van der Waals surface area contributed by atoms with E-state index in [1.54, 1.807) is 13.8 Å². The number of amidine groups is 1. The average molecular weight is 853 g/mol. The van der Waals surface area contributed by atoms with Crippen molar-refractivity contribution in [1.82, 2.24) is 19.8 Å². The highest BCUT2D eigenvalue weighted by atomic mass is 19.1. The second kappa shape index (κ2) is 18.3. The van der Waals surface area contributed by atoms with Crippen LogP contribution in [0.25, 0.3) is 0 Å². The Labute approximate surface area is 364 Å². The van der Waals surface area contributed by atoms with E-state index in [9.17, 15) is 29.0 Å². The normalized spacial score (nSPS) is 32.0. The summed E-state index contributed by atoms with van der Waals surface area (Å²) in [5.41, 5.74) is 0.956. The average Bonchev–Trinajstić information content (AvgIpc) is 3.16. The zero-order chi connectivity index (χ0) is 45.5. The van der Waals surface area contributed by atoms with Gasteiger partial charge in [-0.05, 0) is 145 Å². The largest absolute Gasteiger partial charge is 0.481 e. The number of carboxylic acids is 1. The summed E-state index contributed by atoms with van der Waals surface area (Å²) >= 11 is 0. The second-order valence-corrected chi connectivity index (χ2v) is 21.7. The number of ketones is 1. The number of halogens is 1. The predicted molar refractivity (Wildman–Crippen MR) is 236 cm³/mol. The second-order valence-electron chi connectivity index (χ2n) is 21.7. The van der Waals surface area contributed by atoms with Gasteiger partial charge in [-0.2, -0.15) is 5.10 Å². The Morgan fingerprint density at radius 2 is 1.62 bits per heavy atom. The Hall–Kier alpha value is -3.45. The van der Waals surface area contributed by atoms with Gasteiger partial charge in [0.15, 0.2) is 23.3 Å². The molecule has 4 aliphatic rings. The van der Waals surface area contributed by atoms with Crippen molar-refractivity contribution in [2.24, 2.45) is 61.7 Å². The SMILES string of the molecule is CC(C)/C(C(=O)CCC(O)C(C)N(CCN(C)C)/C(=N\N)c1ncc(F)cn1)=C1/CCC[C@]2(C)[C@@H]1CC[C@@H]1[C@@]3(C)CC[C@H](OC(=O)CC(C)(C)C(=O)O)C(C)(C)C3CC[C@]12C. The van der Waals surface area contributed by atoms with E-state index < -0.39 is 35.3 Å². The number of hydrogen-bond acceptors (Lipinski definition) is 10. The summed E-state index contributed by atoms with van der Waals surface area (Å²) in [5, 5.41) is 25.3. The molecule has 1 aromatic heterocycles. The number of Topliss-reactive ketones (excluding diaryl/α,β-unsaturated/α-hetero) is 1. The van der Waals surface area contributed by atoms with Crippen LogP contribution in [0.2, 0.25) is 0 Å². The third-order valence-corrected chi connectivity index (χ3v) is 16.7. The number of rotatable bonds is 15. The number of hydrazone groups is 1. The highest BCUT2D eigenvalue weighted by Crippen LogP contribution is 2.74. The smallest absolute Gasteiger partial charge is 0.309 e. The first-order chi connectivity index (χ1) is 28.3. The number of nitrogens with two attached hydrogens (primary N) is 1. The van der Waals surface area contributed by atoms with Crippen molar-refractivity contribution in [3.05, 3.63) is 35.2 Å². The van der Waals surface area contributed by atoms with Gasteiger partial charge in [0.1, 0.15) is 6.10 Å². The summed E-state index contributed by atoms with van der Waals surface area (Å²) in [4.78, 5) is 51.5. The molecule has 1 heterocycles. The number of ether oxygens (including phenoxy) is 1. The van der Waals surface area contributed by atoms with Crippen molar-refractivity contribution >= 4 is 23.6 Å². The van der Waals surface area contributed by atoms with Crippen molar-refractivity contribution < 1.29 is 33.7 Å². The molecule has 61 heavy (non-hydrogen) atoms. The lowest BCUT2D eigenvalue weighted by Gasteiger charge is -2.71. The number of carboxylic acid groups (broad SMARTS) is 1. The minimum atomic E-state index is -1.18. The lowest BCUT2D eigenvalue weighted by atomic mass is 9.34. The number of carbonyl (C=O) groups is 3. The lowest BCUT2D eigenvalue weighted by Crippen LogP contribution is -2.65. The van der Waals surface area contributed by atoms with E-state index in [-0.39, 0.29) is 70.4 Å². The van der Waals surface area contributed by atoms with Gasteiger partial charge in [-0.3, -0.25) is 14.4 Å². The molecular weight excluding hydrogens is 776 g/mol. The fourth-order valence-electron chi connectivity index (χ4n) is 13.2. The van der Waals surface area contributed by atoms with Gasteiger partial charge < -0.3 is 30.6 Å². The number of carbonyl (C=O) groups excluding carboxylic acids is 2. The van der Waals surface area contributed by atoms with Gasteiger partial charge in [0, 0.05) is 24.9 Å². The Balaban J connectivity index is 1.35. The van der Waals surface area contributed by atoms with Gasteiger partial charge in [-0.15, -0.1) is 0 Å². The third kappa shape index (κ3) is 9.30. The molecule has 0 aromatic carbocycles. The van der Waals surface area contributed by atoms with Crippen LogP contribution in [-0.2, 0) is 19.1 Å². The van der Waals surface area contributed by atoms with Crippen LogP contribution in [0.4, 0.5) is 4.39 Å². The first kappa shape index (κ1) is 48.6. The van der Waals surface area contributed by atoms with Gasteiger partial charge in [-0.1, -0.05) is 54.0 Å². The molecule has 4 N–H and O–H groups in total. The number of likely N-dealkylation sites (N-methyl/N-ethyl adjacent to an activating group) is 1. The van der Waals surface area contributed by atoms with E-state index in [1.165, 1.54) is 5.57 Å². The number of nitrogens with zero attached hydrogens (tertiary/aromatic N) is 5. The van der Waals surface area contributed by atoms with Crippen molar-refractivity contribution in [3.8, 4) is 0 Å². The predicted octanol–water partition coefficient (Wildman–Crippen LogP) is 8.02. The Kier molecular flexibility index (Phi) is 14.6. The van der Waals surface area contributed by atoms with E-state index in [2.05, 4.69) is 63.5 Å². The summed E-state index contributed by atoms with van der Waals surface area (Å²) in [6.07, 6.45) is 10.3. The molecule has 0 bridgehead atoms. The summed E-state index contributed by atoms with van der Waals surface area (Å²) in [5.74, 6) is 5.55. The number of fused-ring (bicyclic) bond motifs is 5. The monoisotopic (exact) mass is 853 g/mol. The summed E-state index contributed by atoms with van der Waals surface area (Å²) in [6.45, 7) is 22.5. The minimum Gasteiger partial charge on any atom is -0.481 e. The van der Waals surface area contributed by atoms with E-state index in [0.717, 1.165) is 75.8 Å². The third-order valence-electron chi connectivity index (χ3n) is 16.7. The van der Waals surface area contributed by atoms with Crippen molar-refractivity contribution in [1.29, 1.82) is 0 Å². The van der Waals surface area contributed by atoms with Crippen molar-refractivity contribution in [3.63, 3.8) is 0 Å². The van der Waals surface area contributed by atoms with Crippen LogP contribution in [0.3, 0.4) is 0 Å². The summed E-state index contributed by atoms with van der Waals surface area (Å²) in [6, 6.07) is -0.486. The van der Waals surface area contributed by atoms with Gasteiger partial charge in [0.2, 0.25) is 0 Å². The topological polar surface area (TPSA) is 172 Å². The minimum absolute atomic E-state index is 0.00905. The van der Waals surface area contributed by atoms with Gasteiger partial charge >= 0.3 is 11.9 Å². The van der Waals surface area contributed by atoms with E-state index in [1.807, 2.05) is 30.8 Å². The first-order valence-corrected chi connectivity index (χ1v) is 22.9. The van der Waals surface area contributed by atoms with Crippen molar-refractivity contribution in [2.45, 2.75) is 165 Å². The number of hydrogen-bond donors (Lipinski definition) is 3. The van der Waals surface area contributed by atoms with Gasteiger partial charge in [-0.25, -0.2) is 14.4 Å². The molecule has 0 aliphatic heterocycles. The standard InChI is InChI=1S/C48H77FN6O6/c1-29(2)40(35(57)17-16-34(56)30(3)55(25-24-54(11)12)42(53-50)41-51-27-31(49)28-52-41)32-14-13-21-47(9)33(32)15-18-37-46(8)22-20-38(61-39(58)26-44(4,5)43(59)60)45(6,7)36(46)19-23-48(37,47)10/h27-30,33-34,36-38,56H,13-26,50H2,1-12H3,(H,59,60)/b40-32+,53-42-/t30?,33-,34?,36?,37-,38+,46+,47-,48-/m1/s1. The molecule has 0 spiro atoms. The number of esters is 1. The molecule has 4 aliphatic carbocycles. The first-order valence-electron chi connectivity index (χ1n) is 22.9. The molecule has 0 amide bonds. The van der Waals surface area contributed by atoms with E-state index >= 15 is 0 Å². The number of aromatic nitrogens is 2. The van der Waals surface area contributed by atoms with Crippen LogP contribution in [-0.4, -0.2) is 99.0 Å². The van der Waals surface area contributed by atoms with Crippen LogP contribution < -0.4 is 5.84 Å². The number of aliphatic hydroxyl groups is 1. The molecule has 9 atom stereocenters. The van der Waals surface area contributed by atoms with Crippen molar-refractivity contribution in [2.75, 3.05) is 27.2 Å². The molecule has 5 rings (SSSR count).